The molecule has 3 rings (SSSR count). The number of nitrogens with zero attached hydrogens (tertiary/aromatic N) is 3. The molecule has 1 aromatic carbocycles. The summed E-state index contributed by atoms with van der Waals surface area (Å²) in [4.78, 5) is 18.9. The second-order valence-electron chi connectivity index (χ2n) is 7.75. The number of anilines is 1. The molecule has 1 fully saturated rings. The Balaban J connectivity index is 1.52. The van der Waals surface area contributed by atoms with Crippen molar-refractivity contribution in [2.75, 3.05) is 18.4 Å². The number of hydrogen-bond donors (Lipinski definition) is 1. The number of amides is 2. The minimum absolute atomic E-state index is 0.0113. The predicted octanol–water partition coefficient (Wildman–Crippen LogP) is 4.57. The van der Waals surface area contributed by atoms with E-state index in [4.69, 9.17) is 0 Å². The third-order valence-electron chi connectivity index (χ3n) is 5.38. The van der Waals surface area contributed by atoms with E-state index in [1.165, 1.54) is 11.1 Å². The highest BCUT2D eigenvalue weighted by Gasteiger charge is 2.24. The Labute approximate surface area is 156 Å². The van der Waals surface area contributed by atoms with Crippen molar-refractivity contribution in [3.8, 4) is 0 Å². The Morgan fingerprint density at radius 2 is 1.96 bits per heavy atom. The summed E-state index contributed by atoms with van der Waals surface area (Å²) in [5, 5.41) is 3.04. The Bertz CT molecular complexity index is 757. The molecule has 5 heteroatoms. The molecule has 2 amide bonds. The Morgan fingerprint density at radius 3 is 2.62 bits per heavy atom. The molecule has 2 heterocycles. The first-order valence-corrected chi connectivity index (χ1v) is 9.58. The molecule has 26 heavy (non-hydrogen) atoms. The van der Waals surface area contributed by atoms with E-state index in [-0.39, 0.29) is 6.03 Å². The van der Waals surface area contributed by atoms with Crippen LogP contribution in [0.15, 0.2) is 30.6 Å². The van der Waals surface area contributed by atoms with Crippen LogP contribution in [0.2, 0.25) is 0 Å². The lowest BCUT2D eigenvalue weighted by Gasteiger charge is -2.32. The van der Waals surface area contributed by atoms with Gasteiger partial charge in [-0.25, -0.2) is 9.78 Å². The van der Waals surface area contributed by atoms with Crippen molar-refractivity contribution < 1.29 is 4.79 Å². The van der Waals surface area contributed by atoms with Gasteiger partial charge in [0, 0.05) is 43.6 Å². The first-order chi connectivity index (χ1) is 12.4. The molecule has 2 aromatic rings. The molecule has 1 aliphatic heterocycles. The number of imidazole rings is 1. The quantitative estimate of drug-likeness (QED) is 0.874. The van der Waals surface area contributed by atoms with Crippen molar-refractivity contribution >= 4 is 11.7 Å². The molecule has 0 radical (unpaired) electrons. The fourth-order valence-corrected chi connectivity index (χ4v) is 3.59. The van der Waals surface area contributed by atoms with Crippen molar-refractivity contribution in [1.82, 2.24) is 14.5 Å². The Morgan fingerprint density at radius 1 is 1.23 bits per heavy atom. The van der Waals surface area contributed by atoms with Crippen LogP contribution in [0.1, 0.15) is 49.6 Å². The average molecular weight is 354 g/mol. The van der Waals surface area contributed by atoms with Gasteiger partial charge in [-0.2, -0.15) is 0 Å². The number of carbonyl (C=O) groups is 1. The van der Waals surface area contributed by atoms with E-state index in [1.54, 1.807) is 0 Å². The van der Waals surface area contributed by atoms with Crippen LogP contribution in [-0.4, -0.2) is 33.6 Å². The third kappa shape index (κ3) is 4.26. The summed E-state index contributed by atoms with van der Waals surface area (Å²) in [6.07, 6.45) is 6.04. The van der Waals surface area contributed by atoms with Gasteiger partial charge in [-0.15, -0.1) is 0 Å². The monoisotopic (exact) mass is 354 g/mol. The number of aryl methyl sites for hydroxylation is 2. The lowest BCUT2D eigenvalue weighted by molar-refractivity contribution is 0.176. The van der Waals surface area contributed by atoms with Gasteiger partial charge in [0.2, 0.25) is 0 Å². The van der Waals surface area contributed by atoms with Crippen molar-refractivity contribution in [3.05, 3.63) is 47.5 Å². The van der Waals surface area contributed by atoms with Gasteiger partial charge in [-0.1, -0.05) is 19.9 Å². The van der Waals surface area contributed by atoms with Crippen LogP contribution >= 0.6 is 0 Å². The number of hydrogen-bond acceptors (Lipinski definition) is 2. The van der Waals surface area contributed by atoms with Gasteiger partial charge in [0.25, 0.3) is 0 Å². The molecular formula is C21H30N4O. The summed E-state index contributed by atoms with van der Waals surface area (Å²) in [5.41, 5.74) is 3.31. The fraction of sp³-hybridized carbons (Fsp3) is 0.524. The molecule has 5 nitrogen and oxygen atoms in total. The summed E-state index contributed by atoms with van der Waals surface area (Å²) < 4.78 is 2.28. The first-order valence-electron chi connectivity index (χ1n) is 9.58. The summed E-state index contributed by atoms with van der Waals surface area (Å²) in [6.45, 7) is 11.1. The third-order valence-corrected chi connectivity index (χ3v) is 5.38. The molecule has 0 bridgehead atoms. The lowest BCUT2D eigenvalue weighted by Crippen LogP contribution is -2.41. The van der Waals surface area contributed by atoms with Gasteiger partial charge in [0.15, 0.2) is 0 Å². The summed E-state index contributed by atoms with van der Waals surface area (Å²) in [5.74, 6) is 2.20. The van der Waals surface area contributed by atoms with Crippen LogP contribution in [-0.2, 0) is 6.54 Å². The zero-order chi connectivity index (χ0) is 18.7. The van der Waals surface area contributed by atoms with E-state index >= 15 is 0 Å². The van der Waals surface area contributed by atoms with E-state index < -0.39 is 0 Å². The zero-order valence-electron chi connectivity index (χ0n) is 16.3. The normalized spacial score (nSPS) is 15.5. The van der Waals surface area contributed by atoms with Gasteiger partial charge in [0.1, 0.15) is 5.82 Å². The van der Waals surface area contributed by atoms with Crippen molar-refractivity contribution in [2.24, 2.45) is 5.92 Å². The number of piperidine rings is 1. The topological polar surface area (TPSA) is 50.2 Å². The minimum atomic E-state index is 0.0113. The summed E-state index contributed by atoms with van der Waals surface area (Å²) >= 11 is 0. The maximum absolute atomic E-state index is 12.5. The number of likely N-dealkylation sites (tertiary alicyclic amines) is 1. The van der Waals surface area contributed by atoms with Crippen molar-refractivity contribution in [1.29, 1.82) is 0 Å². The fourth-order valence-electron chi connectivity index (χ4n) is 3.59. The second-order valence-corrected chi connectivity index (χ2v) is 7.75. The average Bonchev–Trinajstić information content (AvgIpc) is 3.07. The number of aromatic nitrogens is 2. The number of carbonyl (C=O) groups excluding carboxylic acids is 1. The standard InChI is InChI=1S/C21H30N4O/c1-15(2)20-22-9-12-25(20)14-18-7-10-24(11-8-18)21(26)23-19-6-5-16(3)17(4)13-19/h5-6,9,12-13,15,18H,7-8,10-11,14H2,1-4H3,(H,23,26). The van der Waals surface area contributed by atoms with E-state index in [1.807, 2.05) is 23.2 Å². The Kier molecular flexibility index (Phi) is 5.64. The summed E-state index contributed by atoms with van der Waals surface area (Å²) in [6, 6.07) is 6.07. The molecule has 140 valence electrons. The second kappa shape index (κ2) is 7.94. The van der Waals surface area contributed by atoms with Crippen LogP contribution in [0.25, 0.3) is 0 Å². The highest BCUT2D eigenvalue weighted by Crippen LogP contribution is 2.22. The minimum Gasteiger partial charge on any atom is -0.334 e. The van der Waals surface area contributed by atoms with Gasteiger partial charge in [-0.05, 0) is 55.9 Å². The predicted molar refractivity (Wildman–Crippen MR) is 106 cm³/mol. The number of benzene rings is 1. The number of urea groups is 1. The van der Waals surface area contributed by atoms with Crippen LogP contribution in [0.3, 0.4) is 0 Å². The van der Waals surface area contributed by atoms with Gasteiger partial charge < -0.3 is 14.8 Å². The molecule has 0 saturated carbocycles. The first kappa shape index (κ1) is 18.5. The SMILES string of the molecule is Cc1ccc(NC(=O)N2CCC(Cn3ccnc3C(C)C)CC2)cc1C. The maximum atomic E-state index is 12.5. The molecule has 0 aliphatic carbocycles. The highest BCUT2D eigenvalue weighted by molar-refractivity contribution is 5.89. The molecule has 1 N–H and O–H groups in total. The van der Waals surface area contributed by atoms with Crippen LogP contribution in [0.4, 0.5) is 10.5 Å². The zero-order valence-corrected chi connectivity index (χ0v) is 16.3. The van der Waals surface area contributed by atoms with E-state index in [2.05, 4.69) is 54.8 Å². The van der Waals surface area contributed by atoms with Gasteiger partial charge >= 0.3 is 6.03 Å². The van der Waals surface area contributed by atoms with Crippen LogP contribution in [0, 0.1) is 19.8 Å². The summed E-state index contributed by atoms with van der Waals surface area (Å²) in [7, 11) is 0. The molecule has 0 atom stereocenters. The smallest absolute Gasteiger partial charge is 0.321 e. The number of nitrogens with one attached hydrogen (secondary N) is 1. The van der Waals surface area contributed by atoms with Gasteiger partial charge in [0.05, 0.1) is 0 Å². The van der Waals surface area contributed by atoms with E-state index in [0.29, 0.717) is 11.8 Å². The Hall–Kier alpha value is -2.30. The largest absolute Gasteiger partial charge is 0.334 e. The van der Waals surface area contributed by atoms with Crippen LogP contribution in [0.5, 0.6) is 0 Å². The highest BCUT2D eigenvalue weighted by atomic mass is 16.2. The maximum Gasteiger partial charge on any atom is 0.321 e. The van der Waals surface area contributed by atoms with Crippen molar-refractivity contribution in [3.63, 3.8) is 0 Å². The molecular weight excluding hydrogens is 324 g/mol. The molecule has 0 unspecified atom stereocenters. The molecule has 1 aliphatic rings. The lowest BCUT2D eigenvalue weighted by atomic mass is 9.96. The van der Waals surface area contributed by atoms with Crippen molar-refractivity contribution in [2.45, 2.75) is 53.0 Å². The van der Waals surface area contributed by atoms with Gasteiger partial charge in [-0.3, -0.25) is 0 Å². The van der Waals surface area contributed by atoms with E-state index in [0.717, 1.165) is 44.0 Å². The molecule has 0 spiro atoms. The molecule has 1 aromatic heterocycles. The number of rotatable bonds is 4. The molecule has 1 saturated heterocycles. The van der Waals surface area contributed by atoms with E-state index in [9.17, 15) is 4.79 Å². The van der Waals surface area contributed by atoms with Crippen LogP contribution < -0.4 is 5.32 Å².